The predicted molar refractivity (Wildman–Crippen MR) is 94.3 cm³/mol. The summed E-state index contributed by atoms with van der Waals surface area (Å²) in [6.45, 7) is 8.05. The smallest absolute Gasteiger partial charge is 0.0822 e. The molecule has 22 heavy (non-hydrogen) atoms. The van der Waals surface area contributed by atoms with Gasteiger partial charge in [-0.2, -0.15) is 5.26 Å². The highest BCUT2D eigenvalue weighted by Gasteiger charge is 2.38. The Bertz CT molecular complexity index is 618. The van der Waals surface area contributed by atoms with Gasteiger partial charge in [-0.15, -0.1) is 0 Å². The molecule has 0 saturated heterocycles. The van der Waals surface area contributed by atoms with E-state index in [9.17, 15) is 9.47 Å². The SMILES string of the molecule is C[C@H](N[SH](C)(=O)C(C)(C)C)c1ccc(C2(C#N)CCC2)cc1. The average molecular weight is 321 g/mol. The fourth-order valence-corrected chi connectivity index (χ4v) is 4.00. The van der Waals surface area contributed by atoms with Crippen LogP contribution in [-0.4, -0.2) is 15.2 Å². The topological polar surface area (TPSA) is 52.9 Å². The number of nitrogens with one attached hydrogen (secondary N) is 1. The van der Waals surface area contributed by atoms with Crippen LogP contribution in [0.5, 0.6) is 0 Å². The Balaban J connectivity index is 2.14. The normalized spacial score (nSPS) is 19.8. The third-order valence-electron chi connectivity index (χ3n) is 5.10. The van der Waals surface area contributed by atoms with Crippen molar-refractivity contribution in [1.82, 2.24) is 4.72 Å². The molecule has 0 unspecified atom stereocenters. The molecule has 0 spiro atoms. The zero-order chi connectivity index (χ0) is 16.6. The van der Waals surface area contributed by atoms with Crippen molar-refractivity contribution in [1.29, 1.82) is 5.26 Å². The number of hydrogen-bond acceptors (Lipinski definition) is 2. The number of benzene rings is 1. The van der Waals surface area contributed by atoms with Gasteiger partial charge < -0.3 is 0 Å². The molecule has 1 aromatic rings. The van der Waals surface area contributed by atoms with Gasteiger partial charge in [0, 0.05) is 17.0 Å². The fourth-order valence-electron chi connectivity index (χ4n) is 2.72. The van der Waals surface area contributed by atoms with Gasteiger partial charge >= 0.3 is 0 Å². The number of hydrogen-bond donors (Lipinski definition) is 2. The Morgan fingerprint density at radius 3 is 2.18 bits per heavy atom. The van der Waals surface area contributed by atoms with Crippen molar-refractivity contribution < 1.29 is 4.21 Å². The standard InChI is InChI=1S/C18H28N2OS/c1-14(20-22(5,21)17(2,3)4)15-7-9-16(10-8-15)18(13-19)11-6-12-18/h7-10,14,22H,6,11-12H2,1-5H3,(H,20,21)/t14-/m0/s1. The van der Waals surface area contributed by atoms with Gasteiger partial charge in [0.15, 0.2) is 0 Å². The third kappa shape index (κ3) is 3.11. The molecule has 3 nitrogen and oxygen atoms in total. The highest BCUT2D eigenvalue weighted by atomic mass is 32.3. The Labute approximate surface area is 135 Å². The molecule has 1 fully saturated rings. The van der Waals surface area contributed by atoms with Crippen LogP contribution in [0.25, 0.3) is 0 Å². The zero-order valence-corrected chi connectivity index (χ0v) is 15.2. The van der Waals surface area contributed by atoms with Crippen LogP contribution in [0, 0.1) is 11.3 Å². The molecular weight excluding hydrogens is 292 g/mol. The van der Waals surface area contributed by atoms with Crippen LogP contribution in [0.3, 0.4) is 0 Å². The molecule has 0 bridgehead atoms. The maximum atomic E-state index is 12.8. The van der Waals surface area contributed by atoms with E-state index < -0.39 is 10.1 Å². The lowest BCUT2D eigenvalue weighted by molar-refractivity contribution is 0.324. The minimum Gasteiger partial charge on any atom is -0.271 e. The maximum Gasteiger partial charge on any atom is 0.0822 e. The lowest BCUT2D eigenvalue weighted by Gasteiger charge is -2.37. The van der Waals surface area contributed by atoms with E-state index in [1.54, 1.807) is 0 Å². The van der Waals surface area contributed by atoms with E-state index in [0.717, 1.165) is 30.4 Å². The zero-order valence-electron chi connectivity index (χ0n) is 14.3. The second-order valence-corrected chi connectivity index (χ2v) is 11.1. The quantitative estimate of drug-likeness (QED) is 0.832. The summed E-state index contributed by atoms with van der Waals surface area (Å²) < 4.78 is 15.8. The van der Waals surface area contributed by atoms with Crippen LogP contribution in [0.1, 0.15) is 64.1 Å². The molecule has 0 heterocycles. The number of thiol groups is 1. The minimum atomic E-state index is -2.45. The summed E-state index contributed by atoms with van der Waals surface area (Å²) >= 11 is 0. The van der Waals surface area contributed by atoms with E-state index >= 15 is 0 Å². The van der Waals surface area contributed by atoms with Crippen LogP contribution in [-0.2, 0) is 15.5 Å². The van der Waals surface area contributed by atoms with Gasteiger partial charge in [-0.25, -0.2) is 0 Å². The van der Waals surface area contributed by atoms with Crippen molar-refractivity contribution in [3.63, 3.8) is 0 Å². The first kappa shape index (κ1) is 17.2. The van der Waals surface area contributed by atoms with E-state index in [1.807, 2.05) is 34.0 Å². The summed E-state index contributed by atoms with van der Waals surface area (Å²) in [5.41, 5.74) is 1.97. The molecule has 1 N–H and O–H groups in total. The van der Waals surface area contributed by atoms with E-state index in [0.29, 0.717) is 0 Å². The number of nitriles is 1. The Hall–Kier alpha value is -1.18. The molecular formula is C18H28N2OS. The van der Waals surface area contributed by atoms with E-state index in [2.05, 4.69) is 35.1 Å². The number of rotatable bonds is 4. The molecule has 1 atom stereocenters. The summed E-state index contributed by atoms with van der Waals surface area (Å²) in [5.74, 6) is 0. The molecule has 1 saturated carbocycles. The van der Waals surface area contributed by atoms with Crippen LogP contribution < -0.4 is 4.72 Å². The molecule has 4 heteroatoms. The lowest BCUT2D eigenvalue weighted by Crippen LogP contribution is -2.46. The molecule has 0 aromatic heterocycles. The van der Waals surface area contributed by atoms with Gasteiger partial charge in [-0.1, -0.05) is 34.4 Å². The third-order valence-corrected chi connectivity index (χ3v) is 8.54. The summed E-state index contributed by atoms with van der Waals surface area (Å²) in [4.78, 5) is 0. The van der Waals surface area contributed by atoms with Crippen molar-refractivity contribution in [3.8, 4) is 6.07 Å². The van der Waals surface area contributed by atoms with Crippen LogP contribution in [0.2, 0.25) is 0 Å². The van der Waals surface area contributed by atoms with Gasteiger partial charge in [-0.05, 0) is 58.1 Å². The monoisotopic (exact) mass is 320 g/mol. The van der Waals surface area contributed by atoms with Crippen LogP contribution in [0.15, 0.2) is 24.3 Å². The molecule has 1 aromatic carbocycles. The van der Waals surface area contributed by atoms with E-state index in [4.69, 9.17) is 0 Å². The lowest BCUT2D eigenvalue weighted by atomic mass is 9.65. The fraction of sp³-hybridized carbons (Fsp3) is 0.611. The van der Waals surface area contributed by atoms with Crippen LogP contribution in [0.4, 0.5) is 0 Å². The molecule has 0 amide bonds. The highest BCUT2D eigenvalue weighted by molar-refractivity contribution is 8.01. The van der Waals surface area contributed by atoms with Crippen molar-refractivity contribution in [2.24, 2.45) is 0 Å². The molecule has 1 aliphatic rings. The minimum absolute atomic E-state index is 0.0311. The van der Waals surface area contributed by atoms with Crippen molar-refractivity contribution in [3.05, 3.63) is 35.4 Å². The summed E-state index contributed by atoms with van der Waals surface area (Å²) in [7, 11) is -2.45. The van der Waals surface area contributed by atoms with Gasteiger partial charge in [0.25, 0.3) is 0 Å². The Kier molecular flexibility index (Phi) is 4.52. The highest BCUT2D eigenvalue weighted by Crippen LogP contribution is 2.43. The van der Waals surface area contributed by atoms with Gasteiger partial charge in [0.05, 0.1) is 11.5 Å². The first-order valence-corrected chi connectivity index (χ1v) is 10.1. The molecule has 0 aliphatic heterocycles. The molecule has 122 valence electrons. The second kappa shape index (κ2) is 5.79. The first-order valence-electron chi connectivity index (χ1n) is 7.98. The van der Waals surface area contributed by atoms with Crippen molar-refractivity contribution in [2.45, 2.75) is 63.2 Å². The van der Waals surface area contributed by atoms with E-state index in [-0.39, 0.29) is 16.2 Å². The maximum absolute atomic E-state index is 12.8. The second-order valence-electron chi connectivity index (χ2n) is 7.62. The van der Waals surface area contributed by atoms with Crippen molar-refractivity contribution in [2.75, 3.05) is 6.26 Å². The predicted octanol–water partition coefficient (Wildman–Crippen LogP) is 3.64. The van der Waals surface area contributed by atoms with Gasteiger partial charge in [0.1, 0.15) is 0 Å². The van der Waals surface area contributed by atoms with E-state index in [1.165, 1.54) is 0 Å². The molecule has 0 radical (unpaired) electrons. The van der Waals surface area contributed by atoms with Crippen molar-refractivity contribution >= 4 is 10.1 Å². The molecule has 2 rings (SSSR count). The summed E-state index contributed by atoms with van der Waals surface area (Å²) in [6.07, 6.45) is 4.88. The first-order chi connectivity index (χ1) is 10.1. The van der Waals surface area contributed by atoms with Gasteiger partial charge in [0.2, 0.25) is 0 Å². The Morgan fingerprint density at radius 1 is 1.27 bits per heavy atom. The number of nitrogens with zero attached hydrogens (tertiary/aromatic N) is 1. The summed E-state index contributed by atoms with van der Waals surface area (Å²) in [6, 6.07) is 10.8. The molecule has 1 aliphatic carbocycles. The van der Waals surface area contributed by atoms with Crippen LogP contribution >= 0.6 is 0 Å². The Morgan fingerprint density at radius 2 is 1.82 bits per heavy atom. The average Bonchev–Trinajstić information content (AvgIpc) is 2.37. The van der Waals surface area contributed by atoms with Gasteiger partial charge in [-0.3, -0.25) is 8.93 Å². The largest absolute Gasteiger partial charge is 0.271 e. The summed E-state index contributed by atoms with van der Waals surface area (Å²) in [5, 5.41) is 9.41.